The van der Waals surface area contributed by atoms with Gasteiger partial charge >= 0.3 is 89.5 Å². The molecule has 7 heteroatoms. The Balaban J connectivity index is 3.74. The maximum absolute atomic E-state index is 10.2. The average Bonchev–Trinajstić information content (AvgIpc) is 2.17. The Bertz CT molecular complexity index is 368. The SMILES string of the molecule is O=P#CN(C#P=O)CCCCCC(=O)O. The van der Waals surface area contributed by atoms with Crippen molar-refractivity contribution in [2.24, 2.45) is 0 Å². The molecular formula is C8H11NO4P2. The molecule has 0 atom stereocenters. The predicted octanol–water partition coefficient (Wildman–Crippen LogP) is 2.35. The molecule has 0 aromatic heterocycles. The molecule has 0 aromatic carbocycles. The molecule has 0 fully saturated rings. The molecule has 0 rings (SSSR count). The van der Waals surface area contributed by atoms with Crippen molar-refractivity contribution >= 4 is 21.8 Å². The van der Waals surface area contributed by atoms with Gasteiger partial charge in [-0.25, -0.2) is 0 Å². The number of hydrogen-bond acceptors (Lipinski definition) is 4. The van der Waals surface area contributed by atoms with E-state index < -0.39 is 5.97 Å². The third-order valence-corrected chi connectivity index (χ3v) is 2.24. The summed E-state index contributed by atoms with van der Waals surface area (Å²) < 4.78 is 20.4. The molecule has 0 aliphatic heterocycles. The Kier molecular flexibility index (Phi) is 9.62. The number of unbranched alkanes of at least 4 members (excludes halogenated alkanes) is 2. The van der Waals surface area contributed by atoms with E-state index in [-0.39, 0.29) is 22.3 Å². The molecule has 0 aliphatic carbocycles. The number of carbonyl (C=O) groups is 1. The van der Waals surface area contributed by atoms with E-state index in [1.54, 1.807) is 0 Å². The van der Waals surface area contributed by atoms with Gasteiger partial charge in [0, 0.05) is 0 Å². The molecule has 82 valence electrons. The molecule has 0 radical (unpaired) electrons. The third kappa shape index (κ3) is 9.75. The number of nitrogens with zero attached hydrogens (tertiary/aromatic N) is 1. The van der Waals surface area contributed by atoms with Crippen LogP contribution in [0, 0.1) is 11.5 Å². The van der Waals surface area contributed by atoms with Gasteiger partial charge in [0.05, 0.1) is 0 Å². The molecule has 0 saturated heterocycles. The van der Waals surface area contributed by atoms with Gasteiger partial charge in [-0.2, -0.15) is 0 Å². The number of rotatable bonds is 6. The van der Waals surface area contributed by atoms with Crippen LogP contribution in [0.1, 0.15) is 25.7 Å². The molecule has 0 aromatic rings. The van der Waals surface area contributed by atoms with E-state index in [4.69, 9.17) is 5.11 Å². The topological polar surface area (TPSA) is 74.7 Å². The normalized spacial score (nSPS) is 9.13. The van der Waals surface area contributed by atoms with Crippen LogP contribution in [-0.2, 0) is 13.9 Å². The summed E-state index contributed by atoms with van der Waals surface area (Å²) in [5, 5.41) is 8.37. The summed E-state index contributed by atoms with van der Waals surface area (Å²) >= 11 is 0. The Morgan fingerprint density at radius 2 is 1.73 bits per heavy atom. The summed E-state index contributed by atoms with van der Waals surface area (Å²) in [6, 6.07) is 0. The Labute approximate surface area is 90.1 Å². The summed E-state index contributed by atoms with van der Waals surface area (Å²) in [4.78, 5) is 11.5. The molecule has 0 heterocycles. The second-order valence-corrected chi connectivity index (χ2v) is 3.50. The van der Waals surface area contributed by atoms with Crippen LogP contribution in [0.3, 0.4) is 0 Å². The van der Waals surface area contributed by atoms with Crippen molar-refractivity contribution in [3.05, 3.63) is 0 Å². The maximum atomic E-state index is 10.2. The van der Waals surface area contributed by atoms with Crippen LogP contribution in [0.4, 0.5) is 0 Å². The van der Waals surface area contributed by atoms with Gasteiger partial charge in [0.15, 0.2) is 0 Å². The van der Waals surface area contributed by atoms with E-state index in [0.717, 1.165) is 12.8 Å². The van der Waals surface area contributed by atoms with Crippen molar-refractivity contribution in [2.75, 3.05) is 6.54 Å². The number of aliphatic carboxylic acids is 1. The minimum absolute atomic E-state index is 0.153. The van der Waals surface area contributed by atoms with Gasteiger partial charge < -0.3 is 0 Å². The van der Waals surface area contributed by atoms with Crippen molar-refractivity contribution in [3.63, 3.8) is 0 Å². The van der Waals surface area contributed by atoms with E-state index in [2.05, 4.69) is 11.5 Å². The zero-order chi connectivity index (χ0) is 11.5. The van der Waals surface area contributed by atoms with Gasteiger partial charge in [0.25, 0.3) is 0 Å². The fourth-order valence-electron chi connectivity index (χ4n) is 0.944. The van der Waals surface area contributed by atoms with Gasteiger partial charge in [-0.15, -0.1) is 0 Å². The van der Waals surface area contributed by atoms with Crippen LogP contribution in [0.15, 0.2) is 0 Å². The van der Waals surface area contributed by atoms with Crippen LogP contribution in [-0.4, -0.2) is 22.5 Å². The van der Waals surface area contributed by atoms with Crippen LogP contribution >= 0.6 is 15.8 Å². The molecular weight excluding hydrogens is 236 g/mol. The van der Waals surface area contributed by atoms with E-state index >= 15 is 0 Å². The predicted molar refractivity (Wildman–Crippen MR) is 55.8 cm³/mol. The van der Waals surface area contributed by atoms with E-state index in [0.29, 0.717) is 13.0 Å². The number of carboxylic acids is 1. The van der Waals surface area contributed by atoms with Gasteiger partial charge in [-0.3, -0.25) is 0 Å². The standard InChI is InChI=1S/C8H11NO4P2/c10-8(11)4-2-1-3-5-9(6-14-12)7-15-13/h1-5H2,(H,10,11). The van der Waals surface area contributed by atoms with E-state index in [1.807, 2.05) is 0 Å². The van der Waals surface area contributed by atoms with Crippen LogP contribution in [0.25, 0.3) is 0 Å². The molecule has 5 nitrogen and oxygen atoms in total. The zero-order valence-electron chi connectivity index (χ0n) is 8.05. The second kappa shape index (κ2) is 9.98. The summed E-state index contributed by atoms with van der Waals surface area (Å²) in [5.41, 5.74) is 0. The second-order valence-electron chi connectivity index (χ2n) is 2.74. The molecule has 15 heavy (non-hydrogen) atoms. The van der Waals surface area contributed by atoms with Gasteiger partial charge in [-0.05, 0) is 0 Å². The number of carboxylic acid groups (broad SMARTS) is 1. The van der Waals surface area contributed by atoms with Crippen LogP contribution in [0.2, 0.25) is 0 Å². The average molecular weight is 247 g/mol. The fraction of sp³-hybridized carbons (Fsp3) is 0.625. The first kappa shape index (κ1) is 14.5. The van der Waals surface area contributed by atoms with Gasteiger partial charge in [0.1, 0.15) is 0 Å². The summed E-state index contributed by atoms with van der Waals surface area (Å²) in [6.07, 6.45) is 2.23. The van der Waals surface area contributed by atoms with Crippen molar-refractivity contribution < 1.29 is 19.0 Å². The monoisotopic (exact) mass is 247 g/mol. The first-order valence-electron chi connectivity index (χ1n) is 4.36. The number of hydrogen-bond donors (Lipinski definition) is 1. The first-order chi connectivity index (χ1) is 7.20. The van der Waals surface area contributed by atoms with Gasteiger partial charge in [0.2, 0.25) is 0 Å². The van der Waals surface area contributed by atoms with Crippen molar-refractivity contribution in [1.29, 1.82) is 0 Å². The molecule has 0 amide bonds. The Morgan fingerprint density at radius 3 is 2.20 bits per heavy atom. The summed E-state index contributed by atoms with van der Waals surface area (Å²) in [6.45, 7) is 0.490. The molecule has 0 aliphatic rings. The van der Waals surface area contributed by atoms with Crippen LogP contribution in [0.5, 0.6) is 0 Å². The zero-order valence-corrected chi connectivity index (χ0v) is 9.84. The summed E-state index contributed by atoms with van der Waals surface area (Å²) in [7, 11) is -0.574. The van der Waals surface area contributed by atoms with Crippen LogP contribution < -0.4 is 0 Å². The van der Waals surface area contributed by atoms with Gasteiger partial charge in [-0.1, -0.05) is 0 Å². The Hall–Kier alpha value is -0.550. The molecule has 0 bridgehead atoms. The quantitative estimate of drug-likeness (QED) is 0.443. The van der Waals surface area contributed by atoms with E-state index in [1.165, 1.54) is 4.90 Å². The van der Waals surface area contributed by atoms with Crippen molar-refractivity contribution in [2.45, 2.75) is 25.7 Å². The molecule has 0 spiro atoms. The fourth-order valence-corrected chi connectivity index (χ4v) is 1.52. The van der Waals surface area contributed by atoms with Crippen molar-refractivity contribution in [3.8, 4) is 11.5 Å². The summed E-state index contributed by atoms with van der Waals surface area (Å²) in [5.74, 6) is 3.99. The Morgan fingerprint density at radius 1 is 1.13 bits per heavy atom. The molecule has 0 saturated carbocycles. The molecule has 0 unspecified atom stereocenters. The first-order valence-corrected chi connectivity index (χ1v) is 5.98. The third-order valence-electron chi connectivity index (χ3n) is 1.60. The van der Waals surface area contributed by atoms with Crippen molar-refractivity contribution in [1.82, 2.24) is 4.90 Å². The minimum atomic E-state index is -0.806. The molecule has 1 N–H and O–H groups in total. The van der Waals surface area contributed by atoms with E-state index in [9.17, 15) is 13.9 Å².